The lowest BCUT2D eigenvalue weighted by Gasteiger charge is -2.12. The summed E-state index contributed by atoms with van der Waals surface area (Å²) in [7, 11) is 0. The highest BCUT2D eigenvalue weighted by Crippen LogP contribution is 2.40. The summed E-state index contributed by atoms with van der Waals surface area (Å²) in [4.78, 5) is 16.1. The van der Waals surface area contributed by atoms with Crippen LogP contribution in [0.15, 0.2) is 134 Å². The molecule has 0 fully saturated rings. The molecular weight excluding hydrogens is 533 g/mol. The van der Waals surface area contributed by atoms with Gasteiger partial charge in [-0.3, -0.25) is 4.57 Å². The molecule has 0 amide bonds. The number of hydrogen-bond acceptors (Lipinski definition) is 4. The number of benzene rings is 5. The summed E-state index contributed by atoms with van der Waals surface area (Å²) in [5.74, 6) is 0.667. The van der Waals surface area contributed by atoms with Gasteiger partial charge < -0.3 is 0 Å². The van der Waals surface area contributed by atoms with E-state index in [0.29, 0.717) is 5.95 Å². The van der Waals surface area contributed by atoms with E-state index in [9.17, 15) is 0 Å². The standard InChI is InChI=1S/C37H22N4S/c1-2-9-23(10-3-1)24-16-18-25(19-17-24)35-28-12-4-6-14-31(28)39-37(40-35)41-32-15-7-5-11-26(32)29-21-30-27-13-8-20-38-36(27)42-34(30)22-33(29)41/h1-22H. The molecule has 5 aromatic carbocycles. The van der Waals surface area contributed by atoms with Crippen LogP contribution in [-0.2, 0) is 0 Å². The maximum atomic E-state index is 5.28. The van der Waals surface area contributed by atoms with Crippen LogP contribution in [0.1, 0.15) is 0 Å². The second-order valence-electron chi connectivity index (χ2n) is 10.5. The highest BCUT2D eigenvalue weighted by atomic mass is 32.1. The summed E-state index contributed by atoms with van der Waals surface area (Å²) in [5, 5.41) is 5.83. The van der Waals surface area contributed by atoms with E-state index >= 15 is 0 Å². The third kappa shape index (κ3) is 3.51. The normalized spacial score (nSPS) is 11.8. The molecule has 4 nitrogen and oxygen atoms in total. The van der Waals surface area contributed by atoms with Crippen LogP contribution in [-0.4, -0.2) is 19.5 Å². The van der Waals surface area contributed by atoms with E-state index in [1.54, 1.807) is 11.3 Å². The molecule has 9 aromatic rings. The fraction of sp³-hybridized carbons (Fsp3) is 0. The molecule has 5 heteroatoms. The average Bonchev–Trinajstić information content (AvgIpc) is 3.58. The van der Waals surface area contributed by atoms with Crippen molar-refractivity contribution in [1.82, 2.24) is 19.5 Å². The Kier molecular flexibility index (Phi) is 5.03. The SMILES string of the molecule is c1ccc(-c2ccc(-c3nc(-n4c5ccccc5c5cc6c(cc54)sc4ncccc46)nc4ccccc34)cc2)cc1. The minimum absolute atomic E-state index is 0.667. The maximum absolute atomic E-state index is 5.28. The summed E-state index contributed by atoms with van der Waals surface area (Å²) >= 11 is 1.73. The molecule has 9 rings (SSSR count). The van der Waals surface area contributed by atoms with Gasteiger partial charge >= 0.3 is 0 Å². The van der Waals surface area contributed by atoms with Crippen molar-refractivity contribution in [2.45, 2.75) is 0 Å². The molecule has 0 saturated carbocycles. The molecule has 0 aliphatic carbocycles. The Balaban J connectivity index is 1.31. The Hall–Kier alpha value is -5.39. The zero-order chi connectivity index (χ0) is 27.6. The lowest BCUT2D eigenvalue weighted by Crippen LogP contribution is -2.03. The minimum atomic E-state index is 0.667. The summed E-state index contributed by atoms with van der Waals surface area (Å²) < 4.78 is 3.42. The maximum Gasteiger partial charge on any atom is 0.235 e. The van der Waals surface area contributed by atoms with E-state index in [1.165, 1.54) is 37.4 Å². The van der Waals surface area contributed by atoms with E-state index in [1.807, 2.05) is 24.4 Å². The number of rotatable bonds is 3. The van der Waals surface area contributed by atoms with Crippen LogP contribution in [0.25, 0.3) is 81.3 Å². The van der Waals surface area contributed by atoms with Crippen LogP contribution in [0.4, 0.5) is 0 Å². The Morgan fingerprint density at radius 2 is 1.21 bits per heavy atom. The van der Waals surface area contributed by atoms with Gasteiger partial charge in [0.05, 0.1) is 22.2 Å². The smallest absolute Gasteiger partial charge is 0.235 e. The number of fused-ring (bicyclic) bond motifs is 7. The van der Waals surface area contributed by atoms with Crippen molar-refractivity contribution in [3.05, 3.63) is 134 Å². The molecule has 0 unspecified atom stereocenters. The molecule has 4 heterocycles. The molecule has 0 saturated heterocycles. The number of nitrogens with zero attached hydrogens (tertiary/aromatic N) is 4. The number of pyridine rings is 1. The predicted octanol–water partition coefficient (Wildman–Crippen LogP) is 9.82. The zero-order valence-electron chi connectivity index (χ0n) is 22.4. The van der Waals surface area contributed by atoms with E-state index in [2.05, 4.69) is 119 Å². The van der Waals surface area contributed by atoms with Gasteiger partial charge in [0.15, 0.2) is 0 Å². The van der Waals surface area contributed by atoms with Gasteiger partial charge in [0.25, 0.3) is 0 Å². The van der Waals surface area contributed by atoms with Crippen LogP contribution in [0.2, 0.25) is 0 Å². The van der Waals surface area contributed by atoms with Crippen LogP contribution in [0.5, 0.6) is 0 Å². The third-order valence-corrected chi connectivity index (χ3v) is 9.18. The van der Waals surface area contributed by atoms with Crippen molar-refractivity contribution in [1.29, 1.82) is 0 Å². The van der Waals surface area contributed by atoms with Crippen LogP contribution in [0.3, 0.4) is 0 Å². The highest BCUT2D eigenvalue weighted by Gasteiger charge is 2.19. The molecule has 0 aliphatic heterocycles. The molecule has 4 aromatic heterocycles. The van der Waals surface area contributed by atoms with E-state index in [-0.39, 0.29) is 0 Å². The predicted molar refractivity (Wildman–Crippen MR) is 175 cm³/mol. The first kappa shape index (κ1) is 23.3. The average molecular weight is 555 g/mol. The second kappa shape index (κ2) is 9.06. The zero-order valence-corrected chi connectivity index (χ0v) is 23.2. The van der Waals surface area contributed by atoms with Crippen molar-refractivity contribution in [2.75, 3.05) is 0 Å². The topological polar surface area (TPSA) is 43.6 Å². The number of para-hydroxylation sites is 2. The van der Waals surface area contributed by atoms with Crippen LogP contribution in [0, 0.1) is 0 Å². The van der Waals surface area contributed by atoms with E-state index in [0.717, 1.165) is 38.0 Å². The molecule has 0 atom stereocenters. The van der Waals surface area contributed by atoms with Gasteiger partial charge in [-0.25, -0.2) is 15.0 Å². The Bertz CT molecular complexity index is 2460. The lowest BCUT2D eigenvalue weighted by molar-refractivity contribution is 1.01. The molecule has 0 spiro atoms. The van der Waals surface area contributed by atoms with Gasteiger partial charge in [-0.1, -0.05) is 91.0 Å². The number of aromatic nitrogens is 4. The summed E-state index contributed by atoms with van der Waals surface area (Å²) in [6.45, 7) is 0. The molecule has 0 aliphatic rings. The fourth-order valence-electron chi connectivity index (χ4n) is 6.12. The summed E-state index contributed by atoms with van der Waals surface area (Å²) in [6, 6.07) is 44.7. The Morgan fingerprint density at radius 1 is 0.500 bits per heavy atom. The summed E-state index contributed by atoms with van der Waals surface area (Å²) in [5.41, 5.74) is 7.47. The first-order chi connectivity index (χ1) is 20.8. The van der Waals surface area contributed by atoms with Crippen LogP contribution >= 0.6 is 11.3 Å². The Labute approximate surface area is 245 Å². The van der Waals surface area contributed by atoms with Gasteiger partial charge in [0, 0.05) is 43.4 Å². The molecule has 0 bridgehead atoms. The minimum Gasteiger partial charge on any atom is -0.278 e. The number of hydrogen-bond donors (Lipinski definition) is 0. The largest absolute Gasteiger partial charge is 0.278 e. The van der Waals surface area contributed by atoms with E-state index < -0.39 is 0 Å². The van der Waals surface area contributed by atoms with Gasteiger partial charge in [0.2, 0.25) is 5.95 Å². The molecule has 0 radical (unpaired) electrons. The van der Waals surface area contributed by atoms with Crippen LogP contribution < -0.4 is 0 Å². The van der Waals surface area contributed by atoms with Gasteiger partial charge in [-0.15, -0.1) is 11.3 Å². The third-order valence-electron chi connectivity index (χ3n) is 8.10. The highest BCUT2D eigenvalue weighted by molar-refractivity contribution is 7.25. The quantitative estimate of drug-likeness (QED) is 0.218. The second-order valence-corrected chi connectivity index (χ2v) is 11.5. The molecular formula is C37H22N4S. The first-order valence-corrected chi connectivity index (χ1v) is 14.8. The molecule has 196 valence electrons. The van der Waals surface area contributed by atoms with Gasteiger partial charge in [-0.05, 0) is 47.5 Å². The van der Waals surface area contributed by atoms with Crippen molar-refractivity contribution in [3.63, 3.8) is 0 Å². The molecule has 0 N–H and O–H groups in total. The lowest BCUT2D eigenvalue weighted by atomic mass is 10.0. The van der Waals surface area contributed by atoms with Crippen molar-refractivity contribution in [3.8, 4) is 28.3 Å². The van der Waals surface area contributed by atoms with Crippen molar-refractivity contribution in [2.24, 2.45) is 0 Å². The summed E-state index contributed by atoms with van der Waals surface area (Å²) in [6.07, 6.45) is 1.86. The van der Waals surface area contributed by atoms with Crippen molar-refractivity contribution < 1.29 is 0 Å². The number of thiophene rings is 1. The fourth-order valence-corrected chi connectivity index (χ4v) is 7.18. The Morgan fingerprint density at radius 3 is 2.10 bits per heavy atom. The van der Waals surface area contributed by atoms with Crippen molar-refractivity contribution >= 4 is 64.3 Å². The van der Waals surface area contributed by atoms with Gasteiger partial charge in [-0.2, -0.15) is 0 Å². The monoisotopic (exact) mass is 554 g/mol. The van der Waals surface area contributed by atoms with Gasteiger partial charge in [0.1, 0.15) is 4.83 Å². The molecule has 42 heavy (non-hydrogen) atoms. The first-order valence-electron chi connectivity index (χ1n) is 14.0. The van der Waals surface area contributed by atoms with E-state index in [4.69, 9.17) is 9.97 Å².